The molecule has 1 fully saturated rings. The Bertz CT molecular complexity index is 410. The number of aromatic nitrogens is 2. The highest BCUT2D eigenvalue weighted by molar-refractivity contribution is 5.47. The lowest BCUT2D eigenvalue weighted by molar-refractivity contribution is 0.178. The lowest BCUT2D eigenvalue weighted by Crippen LogP contribution is -2.26. The Balaban J connectivity index is 2.07. The Morgan fingerprint density at radius 2 is 2.11 bits per heavy atom. The smallest absolute Gasteiger partial charge is 0.158 e. The molecular formula is C14H24N4O. The zero-order chi connectivity index (χ0) is 13.7. The molecule has 1 aromatic rings. The van der Waals surface area contributed by atoms with Gasteiger partial charge in [-0.3, -0.25) is 0 Å². The van der Waals surface area contributed by atoms with Crippen LogP contribution in [0.4, 0.5) is 11.6 Å². The van der Waals surface area contributed by atoms with Crippen LogP contribution in [0.3, 0.4) is 0 Å². The first kappa shape index (κ1) is 14.1. The third-order valence-corrected chi connectivity index (χ3v) is 3.59. The van der Waals surface area contributed by atoms with E-state index < -0.39 is 0 Å². The maximum absolute atomic E-state index is 5.11. The molecule has 2 unspecified atom stereocenters. The summed E-state index contributed by atoms with van der Waals surface area (Å²) in [5.41, 5.74) is 0. The molecule has 2 atom stereocenters. The second-order valence-corrected chi connectivity index (χ2v) is 5.35. The van der Waals surface area contributed by atoms with Gasteiger partial charge in [-0.1, -0.05) is 19.8 Å². The molecule has 0 aliphatic heterocycles. The van der Waals surface area contributed by atoms with Crippen LogP contribution >= 0.6 is 0 Å². The molecular weight excluding hydrogens is 240 g/mol. The molecule has 0 bridgehead atoms. The van der Waals surface area contributed by atoms with Crippen LogP contribution in [0.5, 0.6) is 0 Å². The van der Waals surface area contributed by atoms with E-state index in [2.05, 4.69) is 27.5 Å². The fraction of sp³-hybridized carbons (Fsp3) is 0.714. The number of anilines is 2. The first-order valence-electron chi connectivity index (χ1n) is 7.02. The number of hydrogen-bond acceptors (Lipinski definition) is 5. The molecule has 19 heavy (non-hydrogen) atoms. The van der Waals surface area contributed by atoms with Crippen molar-refractivity contribution in [3.8, 4) is 0 Å². The average Bonchev–Trinajstić information content (AvgIpc) is 2.39. The van der Waals surface area contributed by atoms with Gasteiger partial charge in [-0.15, -0.1) is 0 Å². The van der Waals surface area contributed by atoms with Gasteiger partial charge in [0.05, 0.1) is 0 Å². The van der Waals surface area contributed by atoms with Gasteiger partial charge in [-0.2, -0.15) is 0 Å². The summed E-state index contributed by atoms with van der Waals surface area (Å²) in [7, 11) is 3.52. The van der Waals surface area contributed by atoms with Crippen LogP contribution in [0.25, 0.3) is 0 Å². The summed E-state index contributed by atoms with van der Waals surface area (Å²) < 4.78 is 5.11. The Hall–Kier alpha value is -1.36. The summed E-state index contributed by atoms with van der Waals surface area (Å²) in [6.45, 7) is 2.76. The van der Waals surface area contributed by atoms with Gasteiger partial charge in [0.1, 0.15) is 18.2 Å². The van der Waals surface area contributed by atoms with E-state index in [-0.39, 0.29) is 0 Å². The van der Waals surface area contributed by atoms with Gasteiger partial charge in [0.2, 0.25) is 0 Å². The van der Waals surface area contributed by atoms with E-state index in [4.69, 9.17) is 4.74 Å². The maximum Gasteiger partial charge on any atom is 0.158 e. The topological polar surface area (TPSA) is 59.1 Å². The molecule has 1 aliphatic rings. The molecule has 0 saturated heterocycles. The highest BCUT2D eigenvalue weighted by Crippen LogP contribution is 2.26. The van der Waals surface area contributed by atoms with Crippen molar-refractivity contribution in [1.29, 1.82) is 0 Å². The predicted molar refractivity (Wildman–Crippen MR) is 77.3 cm³/mol. The van der Waals surface area contributed by atoms with Crippen molar-refractivity contribution >= 4 is 11.6 Å². The minimum atomic E-state index is 0.436. The predicted octanol–water partition coefficient (Wildman–Crippen LogP) is 2.66. The van der Waals surface area contributed by atoms with Gasteiger partial charge in [0, 0.05) is 26.3 Å². The highest BCUT2D eigenvalue weighted by atomic mass is 16.5. The zero-order valence-corrected chi connectivity index (χ0v) is 12.1. The quantitative estimate of drug-likeness (QED) is 0.856. The fourth-order valence-electron chi connectivity index (χ4n) is 2.67. The summed E-state index contributed by atoms with van der Waals surface area (Å²) in [5, 5.41) is 6.60. The lowest BCUT2D eigenvalue weighted by atomic mass is 9.87. The lowest BCUT2D eigenvalue weighted by Gasteiger charge is -2.28. The van der Waals surface area contributed by atoms with E-state index in [0.29, 0.717) is 18.5 Å². The van der Waals surface area contributed by atoms with Crippen molar-refractivity contribution in [2.24, 2.45) is 5.92 Å². The molecule has 106 valence electrons. The normalized spacial score (nSPS) is 23.1. The Morgan fingerprint density at radius 1 is 1.32 bits per heavy atom. The minimum Gasteiger partial charge on any atom is -0.377 e. The molecule has 2 N–H and O–H groups in total. The molecule has 0 amide bonds. The number of hydrogen-bond donors (Lipinski definition) is 2. The third kappa shape index (κ3) is 4.06. The van der Waals surface area contributed by atoms with E-state index in [1.54, 1.807) is 7.11 Å². The standard InChI is InChI=1S/C14H24N4O/c1-10-5-4-6-11(7-10)16-13-8-12(15-2)17-14(18-13)9-19-3/h8,10-11H,4-7,9H2,1-3H3,(H2,15,16,17,18). The number of nitrogens with one attached hydrogen (secondary N) is 2. The number of rotatable bonds is 5. The molecule has 1 heterocycles. The van der Waals surface area contributed by atoms with Crippen LogP contribution < -0.4 is 10.6 Å². The first-order chi connectivity index (χ1) is 9.21. The summed E-state index contributed by atoms with van der Waals surface area (Å²) >= 11 is 0. The zero-order valence-electron chi connectivity index (χ0n) is 12.1. The molecule has 1 aliphatic carbocycles. The van der Waals surface area contributed by atoms with Crippen LogP contribution in [-0.4, -0.2) is 30.2 Å². The Morgan fingerprint density at radius 3 is 2.79 bits per heavy atom. The first-order valence-corrected chi connectivity index (χ1v) is 7.02. The summed E-state index contributed by atoms with van der Waals surface area (Å²) in [5.74, 6) is 3.23. The van der Waals surface area contributed by atoms with Gasteiger partial charge in [0.25, 0.3) is 0 Å². The van der Waals surface area contributed by atoms with E-state index in [1.165, 1.54) is 25.7 Å². The Kier molecular flexibility index (Phi) is 4.96. The van der Waals surface area contributed by atoms with E-state index in [1.807, 2.05) is 13.1 Å². The van der Waals surface area contributed by atoms with Crippen molar-refractivity contribution < 1.29 is 4.74 Å². The van der Waals surface area contributed by atoms with E-state index in [9.17, 15) is 0 Å². The summed E-state index contributed by atoms with van der Waals surface area (Å²) in [6.07, 6.45) is 5.09. The molecule has 2 rings (SSSR count). The monoisotopic (exact) mass is 264 g/mol. The Labute approximate surface area is 115 Å². The SMILES string of the molecule is CNc1cc(NC2CCCC(C)C2)nc(COC)n1. The van der Waals surface area contributed by atoms with Crippen molar-refractivity contribution in [3.63, 3.8) is 0 Å². The summed E-state index contributed by atoms with van der Waals surface area (Å²) in [6, 6.07) is 2.48. The van der Waals surface area contributed by atoms with Crippen LogP contribution in [-0.2, 0) is 11.3 Å². The molecule has 5 nitrogen and oxygen atoms in total. The van der Waals surface area contributed by atoms with Gasteiger partial charge < -0.3 is 15.4 Å². The molecule has 0 spiro atoms. The van der Waals surface area contributed by atoms with Crippen LogP contribution in [0.15, 0.2) is 6.07 Å². The molecule has 1 aromatic heterocycles. The third-order valence-electron chi connectivity index (χ3n) is 3.59. The summed E-state index contributed by atoms with van der Waals surface area (Å²) in [4.78, 5) is 8.87. The van der Waals surface area contributed by atoms with Gasteiger partial charge in [0.15, 0.2) is 5.82 Å². The van der Waals surface area contributed by atoms with Crippen LogP contribution in [0.2, 0.25) is 0 Å². The van der Waals surface area contributed by atoms with E-state index in [0.717, 1.165) is 17.6 Å². The van der Waals surface area contributed by atoms with Crippen molar-refractivity contribution in [2.45, 2.75) is 45.3 Å². The van der Waals surface area contributed by atoms with Gasteiger partial charge in [-0.05, 0) is 18.8 Å². The van der Waals surface area contributed by atoms with Crippen LogP contribution in [0.1, 0.15) is 38.4 Å². The second kappa shape index (κ2) is 6.70. The van der Waals surface area contributed by atoms with Crippen LogP contribution in [0, 0.1) is 5.92 Å². The number of ether oxygens (including phenoxy) is 1. The highest BCUT2D eigenvalue weighted by Gasteiger charge is 2.19. The number of nitrogens with zero attached hydrogens (tertiary/aromatic N) is 2. The minimum absolute atomic E-state index is 0.436. The number of methoxy groups -OCH3 is 1. The van der Waals surface area contributed by atoms with Gasteiger partial charge in [-0.25, -0.2) is 9.97 Å². The molecule has 5 heteroatoms. The van der Waals surface area contributed by atoms with Crippen molar-refractivity contribution in [1.82, 2.24) is 9.97 Å². The fourth-order valence-corrected chi connectivity index (χ4v) is 2.67. The van der Waals surface area contributed by atoms with Gasteiger partial charge >= 0.3 is 0 Å². The second-order valence-electron chi connectivity index (χ2n) is 5.35. The van der Waals surface area contributed by atoms with Crippen molar-refractivity contribution in [2.75, 3.05) is 24.8 Å². The molecule has 1 saturated carbocycles. The van der Waals surface area contributed by atoms with Crippen molar-refractivity contribution in [3.05, 3.63) is 11.9 Å². The van der Waals surface area contributed by atoms with E-state index >= 15 is 0 Å². The largest absolute Gasteiger partial charge is 0.377 e. The molecule has 0 radical (unpaired) electrons. The average molecular weight is 264 g/mol. The maximum atomic E-state index is 5.11. The molecule has 0 aromatic carbocycles.